The molecule has 0 saturated carbocycles. The zero-order valence-corrected chi connectivity index (χ0v) is 15.0. The maximum atomic E-state index is 5.62. The minimum atomic E-state index is 0.269. The highest BCUT2D eigenvalue weighted by Gasteiger charge is 2.18. The maximum Gasteiger partial charge on any atom is 0.193 e. The van der Waals surface area contributed by atoms with Crippen molar-refractivity contribution in [3.63, 3.8) is 0 Å². The Kier molecular flexibility index (Phi) is 4.13. The summed E-state index contributed by atoms with van der Waals surface area (Å²) >= 11 is 0. The van der Waals surface area contributed by atoms with Crippen molar-refractivity contribution in [1.82, 2.24) is 15.1 Å². The average molecular weight is 344 g/mol. The number of rotatable bonds is 4. The quantitative estimate of drug-likeness (QED) is 0.559. The van der Waals surface area contributed by atoms with Crippen molar-refractivity contribution < 1.29 is 4.52 Å². The number of aryl methyl sites for hydroxylation is 1. The second-order valence-electron chi connectivity index (χ2n) is 6.57. The first-order valence-electron chi connectivity index (χ1n) is 8.68. The Labute approximate surface area is 152 Å². The number of nitrogens with zero attached hydrogens (tertiary/aromatic N) is 3. The Hall–Kier alpha value is -3.21. The van der Waals surface area contributed by atoms with Gasteiger partial charge in [-0.1, -0.05) is 35.5 Å². The van der Waals surface area contributed by atoms with E-state index in [0.29, 0.717) is 5.58 Å². The molecule has 1 aromatic carbocycles. The van der Waals surface area contributed by atoms with Crippen LogP contribution in [0, 0.1) is 6.92 Å². The molecule has 4 rings (SSSR count). The van der Waals surface area contributed by atoms with E-state index in [9.17, 15) is 0 Å². The van der Waals surface area contributed by atoms with E-state index in [4.69, 9.17) is 9.51 Å². The number of anilines is 1. The van der Waals surface area contributed by atoms with Crippen LogP contribution in [0.1, 0.15) is 19.5 Å². The monoisotopic (exact) mass is 344 g/mol. The molecule has 130 valence electrons. The second kappa shape index (κ2) is 6.59. The van der Waals surface area contributed by atoms with Gasteiger partial charge in [-0.3, -0.25) is 0 Å². The van der Waals surface area contributed by atoms with E-state index in [2.05, 4.69) is 41.4 Å². The number of nitrogens with one attached hydrogen (secondary N) is 1. The topological polar surface area (TPSA) is 63.8 Å². The fraction of sp³-hybridized carbons (Fsp3) is 0.190. The Morgan fingerprint density at radius 1 is 1.00 bits per heavy atom. The highest BCUT2D eigenvalue weighted by molar-refractivity contribution is 5.96. The number of pyridine rings is 2. The molecule has 0 fully saturated rings. The van der Waals surface area contributed by atoms with Crippen molar-refractivity contribution in [3.8, 4) is 22.4 Å². The van der Waals surface area contributed by atoms with Crippen LogP contribution in [0.2, 0.25) is 0 Å². The van der Waals surface area contributed by atoms with Gasteiger partial charge in [0.05, 0.1) is 5.69 Å². The number of benzene rings is 1. The molecule has 5 heteroatoms. The van der Waals surface area contributed by atoms with Crippen LogP contribution in [-0.4, -0.2) is 21.2 Å². The summed E-state index contributed by atoms with van der Waals surface area (Å²) in [5.41, 5.74) is 6.09. The van der Waals surface area contributed by atoms with Gasteiger partial charge in [-0.2, -0.15) is 0 Å². The van der Waals surface area contributed by atoms with Gasteiger partial charge in [0.2, 0.25) is 0 Å². The lowest BCUT2D eigenvalue weighted by atomic mass is 10.0. The number of aromatic nitrogens is 3. The second-order valence-corrected chi connectivity index (χ2v) is 6.57. The van der Waals surface area contributed by atoms with Gasteiger partial charge in [0.15, 0.2) is 5.58 Å². The first-order valence-corrected chi connectivity index (χ1v) is 8.68. The van der Waals surface area contributed by atoms with E-state index in [1.54, 1.807) is 6.20 Å². The SMILES string of the molecule is Cc1noc2c(-c3cccnc3NC(C)C)cc(-c3ccccc3)nc12. The Morgan fingerprint density at radius 3 is 2.58 bits per heavy atom. The molecular formula is C21H20N4O. The molecule has 3 heterocycles. The zero-order valence-electron chi connectivity index (χ0n) is 15.0. The van der Waals surface area contributed by atoms with Crippen molar-refractivity contribution in [2.24, 2.45) is 0 Å². The van der Waals surface area contributed by atoms with Crippen molar-refractivity contribution in [3.05, 3.63) is 60.4 Å². The fourth-order valence-corrected chi connectivity index (χ4v) is 3.00. The normalized spacial score (nSPS) is 11.2. The summed E-state index contributed by atoms with van der Waals surface area (Å²) in [5.74, 6) is 0.822. The average Bonchev–Trinajstić information content (AvgIpc) is 3.03. The molecule has 0 atom stereocenters. The van der Waals surface area contributed by atoms with Crippen LogP contribution in [0.5, 0.6) is 0 Å². The molecule has 0 aliphatic rings. The molecule has 0 amide bonds. The van der Waals surface area contributed by atoms with E-state index in [1.807, 2.05) is 43.3 Å². The number of fused-ring (bicyclic) bond motifs is 1. The molecule has 3 aromatic heterocycles. The van der Waals surface area contributed by atoms with Crippen molar-refractivity contribution in [1.29, 1.82) is 0 Å². The summed E-state index contributed by atoms with van der Waals surface area (Å²) in [6, 6.07) is 16.4. The van der Waals surface area contributed by atoms with E-state index < -0.39 is 0 Å². The molecule has 5 nitrogen and oxygen atoms in total. The van der Waals surface area contributed by atoms with Crippen molar-refractivity contribution in [2.45, 2.75) is 26.8 Å². The van der Waals surface area contributed by atoms with Crippen LogP contribution in [0.15, 0.2) is 59.3 Å². The summed E-state index contributed by atoms with van der Waals surface area (Å²) in [6.45, 7) is 6.09. The first kappa shape index (κ1) is 16.3. The molecule has 0 spiro atoms. The third-order valence-corrected chi connectivity index (χ3v) is 4.18. The van der Waals surface area contributed by atoms with Crippen LogP contribution >= 0.6 is 0 Å². The fourth-order valence-electron chi connectivity index (χ4n) is 3.00. The first-order chi connectivity index (χ1) is 12.6. The van der Waals surface area contributed by atoms with Crippen LogP contribution in [-0.2, 0) is 0 Å². The van der Waals surface area contributed by atoms with Gasteiger partial charge in [0.1, 0.15) is 17.0 Å². The van der Waals surface area contributed by atoms with E-state index >= 15 is 0 Å². The molecule has 0 aliphatic heterocycles. The van der Waals surface area contributed by atoms with Crippen LogP contribution in [0.25, 0.3) is 33.5 Å². The third-order valence-electron chi connectivity index (χ3n) is 4.18. The minimum absolute atomic E-state index is 0.269. The molecule has 0 saturated heterocycles. The summed E-state index contributed by atoms with van der Waals surface area (Å²) in [4.78, 5) is 9.30. The highest BCUT2D eigenvalue weighted by atomic mass is 16.5. The van der Waals surface area contributed by atoms with Crippen LogP contribution in [0.4, 0.5) is 5.82 Å². The Balaban J connectivity index is 1.98. The lowest BCUT2D eigenvalue weighted by Crippen LogP contribution is -2.11. The highest BCUT2D eigenvalue weighted by Crippen LogP contribution is 2.36. The summed E-state index contributed by atoms with van der Waals surface area (Å²) < 4.78 is 5.62. The Morgan fingerprint density at radius 2 is 1.81 bits per heavy atom. The predicted molar refractivity (Wildman–Crippen MR) is 104 cm³/mol. The maximum absolute atomic E-state index is 5.62. The van der Waals surface area contributed by atoms with E-state index in [1.165, 1.54) is 0 Å². The number of hydrogen-bond donors (Lipinski definition) is 1. The van der Waals surface area contributed by atoms with Gasteiger partial charge in [-0.05, 0) is 39.0 Å². The third kappa shape index (κ3) is 2.92. The van der Waals surface area contributed by atoms with Gasteiger partial charge in [0.25, 0.3) is 0 Å². The molecule has 0 bridgehead atoms. The summed E-state index contributed by atoms with van der Waals surface area (Å²) in [7, 11) is 0. The largest absolute Gasteiger partial charge is 0.367 e. The van der Waals surface area contributed by atoms with E-state index in [0.717, 1.165) is 39.4 Å². The Bertz CT molecular complexity index is 1050. The number of hydrogen-bond acceptors (Lipinski definition) is 5. The van der Waals surface area contributed by atoms with Gasteiger partial charge in [-0.15, -0.1) is 0 Å². The molecular weight excluding hydrogens is 324 g/mol. The lowest BCUT2D eigenvalue weighted by Gasteiger charge is -2.14. The lowest BCUT2D eigenvalue weighted by molar-refractivity contribution is 0.451. The van der Waals surface area contributed by atoms with Gasteiger partial charge in [-0.25, -0.2) is 9.97 Å². The van der Waals surface area contributed by atoms with Crippen molar-refractivity contribution in [2.75, 3.05) is 5.32 Å². The van der Waals surface area contributed by atoms with E-state index in [-0.39, 0.29) is 6.04 Å². The molecule has 0 unspecified atom stereocenters. The summed E-state index contributed by atoms with van der Waals surface area (Å²) in [5, 5.41) is 7.54. The van der Waals surface area contributed by atoms with Gasteiger partial charge >= 0.3 is 0 Å². The summed E-state index contributed by atoms with van der Waals surface area (Å²) in [6.07, 6.45) is 1.79. The predicted octanol–water partition coefficient (Wildman–Crippen LogP) is 5.08. The van der Waals surface area contributed by atoms with Gasteiger partial charge in [0, 0.05) is 28.9 Å². The van der Waals surface area contributed by atoms with Crippen LogP contribution in [0.3, 0.4) is 0 Å². The van der Waals surface area contributed by atoms with Crippen molar-refractivity contribution >= 4 is 16.9 Å². The zero-order chi connectivity index (χ0) is 18.1. The molecule has 4 aromatic rings. The van der Waals surface area contributed by atoms with Crippen LogP contribution < -0.4 is 5.32 Å². The smallest absolute Gasteiger partial charge is 0.193 e. The minimum Gasteiger partial charge on any atom is -0.367 e. The molecule has 26 heavy (non-hydrogen) atoms. The standard InChI is InChI=1S/C21H20N4O/c1-13(2)23-21-16(10-7-11-22-21)17-12-18(15-8-5-4-6-9-15)24-19-14(3)25-26-20(17)19/h4-13H,1-3H3,(H,22,23). The molecule has 1 N–H and O–H groups in total. The molecule has 0 aliphatic carbocycles. The molecule has 0 radical (unpaired) electrons. The van der Waals surface area contributed by atoms with Gasteiger partial charge < -0.3 is 9.84 Å².